The molecule has 1 aliphatic rings. The molecular weight excluding hydrogens is 360 g/mol. The van der Waals surface area contributed by atoms with Crippen molar-refractivity contribution in [1.29, 1.82) is 0 Å². The maximum atomic E-state index is 13.1. The van der Waals surface area contributed by atoms with Gasteiger partial charge in [0.25, 0.3) is 5.91 Å². The molecule has 152 valence electrons. The van der Waals surface area contributed by atoms with Gasteiger partial charge in [-0.15, -0.1) is 6.58 Å². The number of cyclic esters (lactones) is 1. The molecule has 7 heteroatoms. The molecular formula is C21H28N2O5. The minimum Gasteiger partial charge on any atom is -0.447 e. The monoisotopic (exact) mass is 388 g/mol. The molecule has 0 spiro atoms. The lowest BCUT2D eigenvalue weighted by Crippen LogP contribution is -2.52. The van der Waals surface area contributed by atoms with E-state index in [1.807, 2.05) is 30.3 Å². The molecule has 0 radical (unpaired) electrons. The van der Waals surface area contributed by atoms with Crippen molar-refractivity contribution < 1.29 is 23.9 Å². The second-order valence-electron chi connectivity index (χ2n) is 7.69. The van der Waals surface area contributed by atoms with Gasteiger partial charge in [0.1, 0.15) is 18.2 Å². The minimum absolute atomic E-state index is 0.125. The molecule has 1 heterocycles. The van der Waals surface area contributed by atoms with Gasteiger partial charge in [-0.3, -0.25) is 4.79 Å². The van der Waals surface area contributed by atoms with E-state index in [2.05, 4.69) is 11.9 Å². The quantitative estimate of drug-likeness (QED) is 0.724. The highest BCUT2D eigenvalue weighted by molar-refractivity contribution is 5.97. The second kappa shape index (κ2) is 9.39. The van der Waals surface area contributed by atoms with Crippen LogP contribution >= 0.6 is 0 Å². The SMILES string of the molecule is C=CCC[C@H](NC(=O)OC(C)(C)C)C(=O)N1C(=O)OC[C@H]1Cc1ccccc1. The summed E-state index contributed by atoms with van der Waals surface area (Å²) in [6.07, 6.45) is 1.55. The summed E-state index contributed by atoms with van der Waals surface area (Å²) >= 11 is 0. The van der Waals surface area contributed by atoms with Crippen molar-refractivity contribution in [2.75, 3.05) is 6.61 Å². The number of carbonyl (C=O) groups is 3. The number of alkyl carbamates (subject to hydrolysis) is 1. The van der Waals surface area contributed by atoms with Crippen LogP contribution in [0.15, 0.2) is 43.0 Å². The number of amides is 3. The second-order valence-corrected chi connectivity index (χ2v) is 7.69. The van der Waals surface area contributed by atoms with Gasteiger partial charge in [-0.2, -0.15) is 0 Å². The average molecular weight is 388 g/mol. The number of hydrogen-bond donors (Lipinski definition) is 1. The summed E-state index contributed by atoms with van der Waals surface area (Å²) in [5.41, 5.74) is 0.296. The smallest absolute Gasteiger partial charge is 0.417 e. The zero-order chi connectivity index (χ0) is 20.7. The van der Waals surface area contributed by atoms with Crippen LogP contribution in [0.3, 0.4) is 0 Å². The largest absolute Gasteiger partial charge is 0.447 e. The Hall–Kier alpha value is -2.83. The predicted octanol–water partition coefficient (Wildman–Crippen LogP) is 3.44. The van der Waals surface area contributed by atoms with Gasteiger partial charge in [0.15, 0.2) is 0 Å². The van der Waals surface area contributed by atoms with Crippen LogP contribution in [0.2, 0.25) is 0 Å². The zero-order valence-electron chi connectivity index (χ0n) is 16.6. The van der Waals surface area contributed by atoms with Crippen LogP contribution in [0.1, 0.15) is 39.2 Å². The molecule has 0 saturated carbocycles. The summed E-state index contributed by atoms with van der Waals surface area (Å²) in [4.78, 5) is 38.6. The van der Waals surface area contributed by atoms with Crippen molar-refractivity contribution in [3.05, 3.63) is 48.6 Å². The molecule has 1 aromatic rings. The molecule has 0 bridgehead atoms. The van der Waals surface area contributed by atoms with Crippen LogP contribution in [0, 0.1) is 0 Å². The highest BCUT2D eigenvalue weighted by Gasteiger charge is 2.41. The van der Waals surface area contributed by atoms with E-state index >= 15 is 0 Å². The molecule has 0 unspecified atom stereocenters. The number of hydrogen-bond acceptors (Lipinski definition) is 5. The van der Waals surface area contributed by atoms with Gasteiger partial charge in [-0.25, -0.2) is 14.5 Å². The third-order valence-corrected chi connectivity index (χ3v) is 4.16. The summed E-state index contributed by atoms with van der Waals surface area (Å²) < 4.78 is 10.4. The molecule has 3 amide bonds. The Labute approximate surface area is 165 Å². The Bertz CT molecular complexity index is 711. The summed E-state index contributed by atoms with van der Waals surface area (Å²) in [5, 5.41) is 2.58. The van der Waals surface area contributed by atoms with E-state index < -0.39 is 35.8 Å². The van der Waals surface area contributed by atoms with Crippen molar-refractivity contribution >= 4 is 18.1 Å². The number of benzene rings is 1. The Morgan fingerprint density at radius 1 is 1.36 bits per heavy atom. The van der Waals surface area contributed by atoms with Gasteiger partial charge in [-0.05, 0) is 45.6 Å². The van der Waals surface area contributed by atoms with Crippen LogP contribution in [0.25, 0.3) is 0 Å². The highest BCUT2D eigenvalue weighted by atomic mass is 16.6. The standard InChI is InChI=1S/C21H28N2O5/c1-5-6-12-17(22-19(25)28-21(2,3)4)18(24)23-16(14-27-20(23)26)13-15-10-8-7-9-11-15/h5,7-11,16-17H,1,6,12-14H2,2-4H3,(H,22,25)/t16-,17+/m1/s1. The minimum atomic E-state index is -0.906. The maximum absolute atomic E-state index is 13.1. The van der Waals surface area contributed by atoms with Crippen molar-refractivity contribution in [1.82, 2.24) is 10.2 Å². The van der Waals surface area contributed by atoms with Crippen molar-refractivity contribution in [3.63, 3.8) is 0 Å². The van der Waals surface area contributed by atoms with Gasteiger partial charge in [0.05, 0.1) is 6.04 Å². The molecule has 0 aromatic heterocycles. The number of imide groups is 1. The normalized spacial score (nSPS) is 17.6. The molecule has 28 heavy (non-hydrogen) atoms. The molecule has 1 aliphatic heterocycles. The predicted molar refractivity (Wildman–Crippen MR) is 105 cm³/mol. The lowest BCUT2D eigenvalue weighted by atomic mass is 10.0. The number of nitrogens with one attached hydrogen (secondary N) is 1. The lowest BCUT2D eigenvalue weighted by molar-refractivity contribution is -0.131. The first kappa shape index (κ1) is 21.5. The molecule has 1 N–H and O–H groups in total. The molecule has 7 nitrogen and oxygen atoms in total. The van der Waals surface area contributed by atoms with E-state index in [1.54, 1.807) is 26.8 Å². The number of ether oxygens (including phenoxy) is 2. The molecule has 2 rings (SSSR count). The van der Waals surface area contributed by atoms with E-state index in [1.165, 1.54) is 0 Å². The summed E-state index contributed by atoms with van der Waals surface area (Å²) in [7, 11) is 0. The van der Waals surface area contributed by atoms with E-state index in [0.29, 0.717) is 19.3 Å². The Balaban J connectivity index is 2.14. The van der Waals surface area contributed by atoms with Gasteiger partial charge in [0, 0.05) is 0 Å². The maximum Gasteiger partial charge on any atom is 0.417 e. The molecule has 0 aliphatic carbocycles. The van der Waals surface area contributed by atoms with Crippen LogP contribution < -0.4 is 5.32 Å². The number of nitrogens with zero attached hydrogens (tertiary/aromatic N) is 1. The van der Waals surface area contributed by atoms with Crippen LogP contribution in [0.5, 0.6) is 0 Å². The summed E-state index contributed by atoms with van der Waals surface area (Å²) in [6, 6.07) is 8.23. The van der Waals surface area contributed by atoms with E-state index in [-0.39, 0.29) is 6.61 Å². The topological polar surface area (TPSA) is 84.9 Å². The first-order chi connectivity index (χ1) is 13.2. The fraction of sp³-hybridized carbons (Fsp3) is 0.476. The fourth-order valence-corrected chi connectivity index (χ4v) is 2.93. The highest BCUT2D eigenvalue weighted by Crippen LogP contribution is 2.20. The van der Waals surface area contributed by atoms with Crippen molar-refractivity contribution in [2.24, 2.45) is 0 Å². The lowest BCUT2D eigenvalue weighted by Gasteiger charge is -2.27. The first-order valence-electron chi connectivity index (χ1n) is 9.35. The summed E-state index contributed by atoms with van der Waals surface area (Å²) in [6.45, 7) is 8.99. The molecule has 1 aromatic carbocycles. The Morgan fingerprint density at radius 2 is 2.04 bits per heavy atom. The van der Waals surface area contributed by atoms with E-state index in [9.17, 15) is 14.4 Å². The summed E-state index contributed by atoms with van der Waals surface area (Å²) in [5.74, 6) is -0.504. The van der Waals surface area contributed by atoms with Gasteiger partial charge in [0.2, 0.25) is 0 Å². The average Bonchev–Trinajstić information content (AvgIpc) is 2.97. The third-order valence-electron chi connectivity index (χ3n) is 4.16. The first-order valence-corrected chi connectivity index (χ1v) is 9.35. The fourth-order valence-electron chi connectivity index (χ4n) is 2.93. The van der Waals surface area contributed by atoms with Crippen molar-refractivity contribution in [2.45, 2.75) is 57.7 Å². The van der Waals surface area contributed by atoms with Crippen molar-refractivity contribution in [3.8, 4) is 0 Å². The van der Waals surface area contributed by atoms with E-state index in [0.717, 1.165) is 10.5 Å². The van der Waals surface area contributed by atoms with E-state index in [4.69, 9.17) is 9.47 Å². The number of carbonyl (C=O) groups excluding carboxylic acids is 3. The van der Waals surface area contributed by atoms with Crippen LogP contribution in [-0.4, -0.2) is 47.3 Å². The number of allylic oxidation sites excluding steroid dienone is 1. The Morgan fingerprint density at radius 3 is 2.64 bits per heavy atom. The Kier molecular flexibility index (Phi) is 7.20. The van der Waals surface area contributed by atoms with Gasteiger partial charge in [-0.1, -0.05) is 36.4 Å². The van der Waals surface area contributed by atoms with Gasteiger partial charge >= 0.3 is 12.2 Å². The van der Waals surface area contributed by atoms with Crippen LogP contribution in [-0.2, 0) is 20.7 Å². The molecule has 1 fully saturated rings. The van der Waals surface area contributed by atoms with Gasteiger partial charge < -0.3 is 14.8 Å². The number of rotatable bonds is 7. The zero-order valence-corrected chi connectivity index (χ0v) is 16.6. The molecule has 2 atom stereocenters. The molecule has 1 saturated heterocycles. The van der Waals surface area contributed by atoms with Crippen LogP contribution in [0.4, 0.5) is 9.59 Å². The third kappa shape index (κ3) is 6.11.